The molecule has 0 aromatic heterocycles. The molecule has 1 saturated heterocycles. The highest BCUT2D eigenvalue weighted by Gasteiger charge is 2.40. The molecule has 0 saturated carbocycles. The summed E-state index contributed by atoms with van der Waals surface area (Å²) >= 11 is 5.83. The van der Waals surface area contributed by atoms with E-state index in [1.807, 2.05) is 0 Å². The van der Waals surface area contributed by atoms with E-state index in [1.54, 1.807) is 12.1 Å². The van der Waals surface area contributed by atoms with Crippen molar-refractivity contribution in [1.82, 2.24) is 0 Å². The van der Waals surface area contributed by atoms with Gasteiger partial charge in [-0.05, 0) is 50.9 Å². The molecule has 4 heteroatoms. The van der Waals surface area contributed by atoms with E-state index < -0.39 is 0 Å². The van der Waals surface area contributed by atoms with E-state index in [9.17, 15) is 4.39 Å². The van der Waals surface area contributed by atoms with Crippen LogP contribution in [-0.2, 0) is 0 Å². The zero-order valence-corrected chi connectivity index (χ0v) is 11.0. The zero-order valence-electron chi connectivity index (χ0n) is 10.2. The van der Waals surface area contributed by atoms with Crippen LogP contribution in [0.15, 0.2) is 18.2 Å². The van der Waals surface area contributed by atoms with Crippen molar-refractivity contribution in [2.45, 2.75) is 25.8 Å². The fraction of sp³-hybridized carbons (Fsp3) is 0.538. The number of halogens is 2. The van der Waals surface area contributed by atoms with E-state index in [0.717, 1.165) is 18.7 Å². The molecule has 0 spiro atoms. The lowest BCUT2D eigenvalue weighted by Gasteiger charge is -2.37. The molecular weight excluding hydrogens is 239 g/mol. The Morgan fingerprint density at radius 3 is 2.76 bits per heavy atom. The summed E-state index contributed by atoms with van der Waals surface area (Å²) in [5, 5.41) is 0.175. The molecule has 1 atom stereocenters. The first kappa shape index (κ1) is 12.7. The Morgan fingerprint density at radius 2 is 2.24 bits per heavy atom. The van der Waals surface area contributed by atoms with Gasteiger partial charge in [0.25, 0.3) is 0 Å². The van der Waals surface area contributed by atoms with Crippen LogP contribution in [0.25, 0.3) is 0 Å². The molecule has 2 rings (SSSR count). The molecule has 1 heterocycles. The lowest BCUT2D eigenvalue weighted by molar-refractivity contribution is 0.374. The van der Waals surface area contributed by atoms with Crippen LogP contribution in [-0.4, -0.2) is 18.6 Å². The Kier molecular flexibility index (Phi) is 3.32. The lowest BCUT2D eigenvalue weighted by Crippen LogP contribution is -2.44. The Balaban J connectivity index is 2.32. The first-order valence-electron chi connectivity index (χ1n) is 5.89. The summed E-state index contributed by atoms with van der Waals surface area (Å²) < 4.78 is 13.2. The fourth-order valence-electron chi connectivity index (χ4n) is 2.67. The van der Waals surface area contributed by atoms with E-state index in [-0.39, 0.29) is 16.4 Å². The first-order valence-corrected chi connectivity index (χ1v) is 6.27. The monoisotopic (exact) mass is 256 g/mol. The van der Waals surface area contributed by atoms with E-state index in [2.05, 4.69) is 18.7 Å². The summed E-state index contributed by atoms with van der Waals surface area (Å²) in [5.41, 5.74) is 6.76. The number of hydrogen-bond acceptors (Lipinski definition) is 2. The molecule has 1 aliphatic rings. The van der Waals surface area contributed by atoms with E-state index in [1.165, 1.54) is 6.07 Å². The van der Waals surface area contributed by atoms with Gasteiger partial charge in [0.1, 0.15) is 5.82 Å². The van der Waals surface area contributed by atoms with Crippen LogP contribution in [0.3, 0.4) is 0 Å². The molecule has 94 valence electrons. The van der Waals surface area contributed by atoms with Crippen LogP contribution in [0.5, 0.6) is 0 Å². The molecule has 1 unspecified atom stereocenters. The van der Waals surface area contributed by atoms with Crippen molar-refractivity contribution in [2.24, 2.45) is 11.7 Å². The maximum absolute atomic E-state index is 13.2. The molecule has 0 aliphatic carbocycles. The lowest BCUT2D eigenvalue weighted by atomic mass is 9.88. The summed E-state index contributed by atoms with van der Waals surface area (Å²) in [6, 6.07) is 4.89. The topological polar surface area (TPSA) is 29.3 Å². The first-order chi connectivity index (χ1) is 7.96. The van der Waals surface area contributed by atoms with Crippen LogP contribution in [0.4, 0.5) is 10.1 Å². The van der Waals surface area contributed by atoms with Crippen molar-refractivity contribution in [3.8, 4) is 0 Å². The predicted molar refractivity (Wildman–Crippen MR) is 70.0 cm³/mol. The number of rotatable bonds is 2. The van der Waals surface area contributed by atoms with Crippen molar-refractivity contribution in [3.05, 3.63) is 29.0 Å². The Labute approximate surface area is 107 Å². The Morgan fingerprint density at radius 1 is 1.53 bits per heavy atom. The molecular formula is C13H18ClFN2. The average molecular weight is 257 g/mol. The van der Waals surface area contributed by atoms with Gasteiger partial charge < -0.3 is 10.6 Å². The summed E-state index contributed by atoms with van der Waals surface area (Å²) in [6.45, 7) is 5.97. The number of anilines is 1. The van der Waals surface area contributed by atoms with E-state index in [4.69, 9.17) is 17.3 Å². The summed E-state index contributed by atoms with van der Waals surface area (Å²) in [7, 11) is 0. The van der Waals surface area contributed by atoms with Gasteiger partial charge in [-0.2, -0.15) is 0 Å². The standard InChI is InChI=1S/C13H18ClFN2/c1-13(2)9(8-16)5-6-17(13)10-3-4-12(15)11(14)7-10/h3-4,7,9H,5-6,8,16H2,1-2H3. The minimum atomic E-state index is -0.372. The van der Waals surface area contributed by atoms with E-state index in [0.29, 0.717) is 12.5 Å². The Hall–Kier alpha value is -0.800. The molecule has 17 heavy (non-hydrogen) atoms. The largest absolute Gasteiger partial charge is 0.366 e. The zero-order chi connectivity index (χ0) is 12.6. The third-order valence-corrected chi connectivity index (χ3v) is 4.18. The van der Waals surface area contributed by atoms with Crippen molar-refractivity contribution in [3.63, 3.8) is 0 Å². The van der Waals surface area contributed by atoms with Gasteiger partial charge in [0.15, 0.2) is 0 Å². The van der Waals surface area contributed by atoms with Crippen molar-refractivity contribution >= 4 is 17.3 Å². The minimum Gasteiger partial charge on any atom is -0.366 e. The van der Waals surface area contributed by atoms with Crippen LogP contribution in [0, 0.1) is 11.7 Å². The van der Waals surface area contributed by atoms with Crippen molar-refractivity contribution in [1.29, 1.82) is 0 Å². The van der Waals surface area contributed by atoms with Gasteiger partial charge in [0.2, 0.25) is 0 Å². The molecule has 1 fully saturated rings. The van der Waals surface area contributed by atoms with Crippen molar-refractivity contribution < 1.29 is 4.39 Å². The maximum atomic E-state index is 13.2. The predicted octanol–water partition coefficient (Wildman–Crippen LogP) is 3.04. The number of benzene rings is 1. The molecule has 0 radical (unpaired) electrons. The quantitative estimate of drug-likeness (QED) is 0.881. The average Bonchev–Trinajstić information content (AvgIpc) is 2.57. The Bertz CT molecular complexity index is 420. The second kappa shape index (κ2) is 4.46. The third-order valence-electron chi connectivity index (χ3n) is 3.90. The SMILES string of the molecule is CC1(C)C(CN)CCN1c1ccc(F)c(Cl)c1. The number of hydrogen-bond donors (Lipinski definition) is 1. The highest BCUT2D eigenvalue weighted by Crippen LogP contribution is 2.38. The van der Waals surface area contributed by atoms with E-state index >= 15 is 0 Å². The highest BCUT2D eigenvalue weighted by molar-refractivity contribution is 6.31. The fourth-order valence-corrected chi connectivity index (χ4v) is 2.84. The van der Waals surface area contributed by atoms with Crippen LogP contribution >= 0.6 is 11.6 Å². The van der Waals surface area contributed by atoms with Gasteiger partial charge in [-0.15, -0.1) is 0 Å². The van der Waals surface area contributed by atoms with Gasteiger partial charge in [0, 0.05) is 17.8 Å². The highest BCUT2D eigenvalue weighted by atomic mass is 35.5. The van der Waals surface area contributed by atoms with Crippen LogP contribution in [0.2, 0.25) is 5.02 Å². The minimum absolute atomic E-state index is 0.00406. The van der Waals surface area contributed by atoms with Gasteiger partial charge in [-0.3, -0.25) is 0 Å². The summed E-state index contributed by atoms with van der Waals surface area (Å²) in [4.78, 5) is 2.26. The molecule has 0 amide bonds. The molecule has 2 nitrogen and oxygen atoms in total. The van der Waals surface area contributed by atoms with Crippen molar-refractivity contribution in [2.75, 3.05) is 18.0 Å². The molecule has 1 aromatic carbocycles. The summed E-state index contributed by atoms with van der Waals surface area (Å²) in [5.74, 6) is 0.0918. The molecule has 0 bridgehead atoms. The van der Waals surface area contributed by atoms with Gasteiger partial charge in [-0.1, -0.05) is 11.6 Å². The molecule has 2 N–H and O–H groups in total. The molecule has 1 aliphatic heterocycles. The van der Waals surface area contributed by atoms with Crippen LogP contribution in [0.1, 0.15) is 20.3 Å². The third kappa shape index (κ3) is 2.14. The second-order valence-electron chi connectivity index (χ2n) is 5.13. The van der Waals surface area contributed by atoms with Gasteiger partial charge >= 0.3 is 0 Å². The smallest absolute Gasteiger partial charge is 0.141 e. The normalized spacial score (nSPS) is 23.1. The number of nitrogens with zero attached hydrogens (tertiary/aromatic N) is 1. The maximum Gasteiger partial charge on any atom is 0.141 e. The van der Waals surface area contributed by atoms with Gasteiger partial charge in [0.05, 0.1) is 5.02 Å². The molecule has 1 aromatic rings. The van der Waals surface area contributed by atoms with Gasteiger partial charge in [-0.25, -0.2) is 4.39 Å². The number of nitrogens with two attached hydrogens (primary N) is 1. The summed E-state index contributed by atoms with van der Waals surface area (Å²) in [6.07, 6.45) is 1.07. The second-order valence-corrected chi connectivity index (χ2v) is 5.53. The van der Waals surface area contributed by atoms with Crippen LogP contribution < -0.4 is 10.6 Å².